The van der Waals surface area contributed by atoms with Crippen LogP contribution in [0.1, 0.15) is 30.4 Å². The minimum Gasteiger partial charge on any atom is -0.393 e. The van der Waals surface area contributed by atoms with E-state index < -0.39 is 0 Å². The van der Waals surface area contributed by atoms with Gasteiger partial charge >= 0.3 is 0 Å². The lowest BCUT2D eigenvalue weighted by Gasteiger charge is -2.29. The molecule has 0 bridgehead atoms. The summed E-state index contributed by atoms with van der Waals surface area (Å²) in [6, 6.07) is 21.7. The third kappa shape index (κ3) is 3.93. The molecule has 0 heterocycles. The highest BCUT2D eigenvalue weighted by molar-refractivity contribution is 5.17. The topological polar surface area (TPSA) is 23.5 Å². The molecule has 2 aromatic carbocycles. The van der Waals surface area contributed by atoms with Gasteiger partial charge in [0.15, 0.2) is 0 Å². The summed E-state index contributed by atoms with van der Waals surface area (Å²) in [5, 5.41) is 9.85. The van der Waals surface area contributed by atoms with Crippen molar-refractivity contribution in [1.82, 2.24) is 4.90 Å². The van der Waals surface area contributed by atoms with Crippen LogP contribution in [-0.2, 0) is 13.1 Å². The molecule has 1 N–H and O–H groups in total. The highest BCUT2D eigenvalue weighted by Crippen LogP contribution is 2.27. The van der Waals surface area contributed by atoms with E-state index in [0.29, 0.717) is 6.04 Å². The number of hydrogen-bond acceptors (Lipinski definition) is 2. The molecule has 0 amide bonds. The van der Waals surface area contributed by atoms with Gasteiger partial charge in [-0.2, -0.15) is 0 Å². The first-order chi connectivity index (χ1) is 10.3. The first-order valence-electron chi connectivity index (χ1n) is 7.81. The van der Waals surface area contributed by atoms with Crippen LogP contribution in [0.3, 0.4) is 0 Å². The highest BCUT2D eigenvalue weighted by atomic mass is 16.3. The normalized spacial score (nSPS) is 21.8. The summed E-state index contributed by atoms with van der Waals surface area (Å²) >= 11 is 0. The lowest BCUT2D eigenvalue weighted by molar-refractivity contribution is 0.142. The van der Waals surface area contributed by atoms with E-state index in [1.807, 2.05) is 0 Å². The number of benzene rings is 2. The molecule has 2 nitrogen and oxygen atoms in total. The smallest absolute Gasteiger partial charge is 0.0555 e. The van der Waals surface area contributed by atoms with Crippen LogP contribution >= 0.6 is 0 Å². The Morgan fingerprint density at radius 2 is 1.33 bits per heavy atom. The maximum absolute atomic E-state index is 9.85. The largest absolute Gasteiger partial charge is 0.393 e. The Morgan fingerprint density at radius 1 is 0.810 bits per heavy atom. The maximum Gasteiger partial charge on any atom is 0.0555 e. The standard InChI is InChI=1S/C19H23NO/c21-19-12-11-18(13-19)20(14-16-7-3-1-4-8-16)15-17-9-5-2-6-10-17/h1-10,18-19,21H,11-15H2/t18-,19-/m0/s1. The molecule has 1 aliphatic carbocycles. The molecule has 2 atom stereocenters. The van der Waals surface area contributed by atoms with E-state index in [1.165, 1.54) is 11.1 Å². The summed E-state index contributed by atoms with van der Waals surface area (Å²) in [7, 11) is 0. The van der Waals surface area contributed by atoms with E-state index in [2.05, 4.69) is 65.6 Å². The van der Waals surface area contributed by atoms with Gasteiger partial charge in [-0.05, 0) is 30.4 Å². The highest BCUT2D eigenvalue weighted by Gasteiger charge is 2.28. The van der Waals surface area contributed by atoms with Crippen molar-refractivity contribution < 1.29 is 5.11 Å². The zero-order valence-electron chi connectivity index (χ0n) is 12.4. The Bertz CT molecular complexity index is 499. The van der Waals surface area contributed by atoms with Crippen molar-refractivity contribution in [2.45, 2.75) is 44.5 Å². The van der Waals surface area contributed by atoms with Gasteiger partial charge in [0.25, 0.3) is 0 Å². The fourth-order valence-electron chi connectivity index (χ4n) is 3.22. The molecule has 0 saturated heterocycles. The fourth-order valence-corrected chi connectivity index (χ4v) is 3.22. The molecule has 110 valence electrons. The summed E-state index contributed by atoms with van der Waals surface area (Å²) in [5.41, 5.74) is 2.68. The molecule has 0 aromatic heterocycles. The average molecular weight is 281 g/mol. The van der Waals surface area contributed by atoms with Crippen molar-refractivity contribution in [3.8, 4) is 0 Å². The van der Waals surface area contributed by atoms with Crippen LogP contribution in [0, 0.1) is 0 Å². The Morgan fingerprint density at radius 3 is 1.76 bits per heavy atom. The predicted molar refractivity (Wildman–Crippen MR) is 85.8 cm³/mol. The van der Waals surface area contributed by atoms with Gasteiger partial charge < -0.3 is 5.11 Å². The van der Waals surface area contributed by atoms with Gasteiger partial charge in [-0.1, -0.05) is 60.7 Å². The molecular weight excluding hydrogens is 258 g/mol. The Kier molecular flexibility index (Phi) is 4.69. The van der Waals surface area contributed by atoms with Gasteiger partial charge in [0.1, 0.15) is 0 Å². The second kappa shape index (κ2) is 6.88. The van der Waals surface area contributed by atoms with Crippen LogP contribution in [0.5, 0.6) is 0 Å². The molecular formula is C19H23NO. The lowest BCUT2D eigenvalue weighted by atomic mass is 10.1. The number of rotatable bonds is 5. The number of hydrogen-bond donors (Lipinski definition) is 1. The van der Waals surface area contributed by atoms with Crippen molar-refractivity contribution in [2.24, 2.45) is 0 Å². The van der Waals surface area contributed by atoms with Crippen molar-refractivity contribution in [2.75, 3.05) is 0 Å². The minimum atomic E-state index is -0.121. The fraction of sp³-hybridized carbons (Fsp3) is 0.368. The van der Waals surface area contributed by atoms with Gasteiger partial charge in [0.05, 0.1) is 6.10 Å². The van der Waals surface area contributed by atoms with Crippen molar-refractivity contribution in [1.29, 1.82) is 0 Å². The number of aliphatic hydroxyl groups is 1. The molecule has 0 unspecified atom stereocenters. The minimum absolute atomic E-state index is 0.121. The third-order valence-corrected chi connectivity index (χ3v) is 4.35. The molecule has 3 rings (SSSR count). The van der Waals surface area contributed by atoms with Crippen LogP contribution in [0.25, 0.3) is 0 Å². The molecule has 2 heteroatoms. The van der Waals surface area contributed by atoms with E-state index in [4.69, 9.17) is 0 Å². The molecule has 1 aliphatic rings. The van der Waals surface area contributed by atoms with E-state index in [9.17, 15) is 5.11 Å². The molecule has 1 fully saturated rings. The Balaban J connectivity index is 1.74. The van der Waals surface area contributed by atoms with Gasteiger partial charge in [0, 0.05) is 19.1 Å². The zero-order valence-corrected chi connectivity index (χ0v) is 12.4. The van der Waals surface area contributed by atoms with Gasteiger partial charge in [0.2, 0.25) is 0 Å². The second-order valence-electron chi connectivity index (χ2n) is 6.00. The first kappa shape index (κ1) is 14.3. The predicted octanol–water partition coefficient (Wildman–Crippen LogP) is 3.60. The molecule has 21 heavy (non-hydrogen) atoms. The zero-order chi connectivity index (χ0) is 14.5. The van der Waals surface area contributed by atoms with E-state index >= 15 is 0 Å². The molecule has 1 saturated carbocycles. The van der Waals surface area contributed by atoms with E-state index in [0.717, 1.165) is 32.4 Å². The summed E-state index contributed by atoms with van der Waals surface area (Å²) in [5.74, 6) is 0. The maximum atomic E-state index is 9.85. The van der Waals surface area contributed by atoms with Crippen molar-refractivity contribution >= 4 is 0 Å². The monoisotopic (exact) mass is 281 g/mol. The van der Waals surface area contributed by atoms with Crippen LogP contribution < -0.4 is 0 Å². The van der Waals surface area contributed by atoms with Crippen molar-refractivity contribution in [3.05, 3.63) is 71.8 Å². The molecule has 2 aromatic rings. The molecule has 0 spiro atoms. The van der Waals surface area contributed by atoms with Crippen LogP contribution in [0.4, 0.5) is 0 Å². The Hall–Kier alpha value is -1.64. The lowest BCUT2D eigenvalue weighted by Crippen LogP contribution is -2.33. The first-order valence-corrected chi connectivity index (χ1v) is 7.81. The number of aliphatic hydroxyl groups excluding tert-OH is 1. The molecule has 0 aliphatic heterocycles. The van der Waals surface area contributed by atoms with E-state index in [-0.39, 0.29) is 6.10 Å². The molecule has 0 radical (unpaired) electrons. The average Bonchev–Trinajstić information content (AvgIpc) is 2.95. The second-order valence-corrected chi connectivity index (χ2v) is 6.00. The summed E-state index contributed by atoms with van der Waals surface area (Å²) in [6.07, 6.45) is 2.81. The third-order valence-electron chi connectivity index (χ3n) is 4.35. The van der Waals surface area contributed by atoms with Crippen molar-refractivity contribution in [3.63, 3.8) is 0 Å². The van der Waals surface area contributed by atoms with Gasteiger partial charge in [-0.3, -0.25) is 4.90 Å². The van der Waals surface area contributed by atoms with Crippen LogP contribution in [0.15, 0.2) is 60.7 Å². The van der Waals surface area contributed by atoms with Gasteiger partial charge in [-0.25, -0.2) is 0 Å². The van der Waals surface area contributed by atoms with Crippen LogP contribution in [-0.4, -0.2) is 22.2 Å². The SMILES string of the molecule is O[C@H]1CC[C@H](N(Cc2ccccc2)Cc2ccccc2)C1. The summed E-state index contributed by atoms with van der Waals surface area (Å²) in [4.78, 5) is 2.51. The Labute approximate surface area is 127 Å². The quantitative estimate of drug-likeness (QED) is 0.905. The number of nitrogens with zero attached hydrogens (tertiary/aromatic N) is 1. The summed E-state index contributed by atoms with van der Waals surface area (Å²) in [6.45, 7) is 1.90. The summed E-state index contributed by atoms with van der Waals surface area (Å²) < 4.78 is 0. The van der Waals surface area contributed by atoms with Gasteiger partial charge in [-0.15, -0.1) is 0 Å². The van der Waals surface area contributed by atoms with E-state index in [1.54, 1.807) is 0 Å². The van der Waals surface area contributed by atoms with Crippen LogP contribution in [0.2, 0.25) is 0 Å².